The number of likely N-dealkylation sites (N-methyl/N-ethyl adjacent to an activating group) is 1. The van der Waals surface area contributed by atoms with Crippen LogP contribution in [0.5, 0.6) is 0 Å². The monoisotopic (exact) mass is 363 g/mol. The molecule has 0 fully saturated rings. The second-order valence-corrected chi connectivity index (χ2v) is 5.92. The Bertz CT molecular complexity index is 670. The van der Waals surface area contributed by atoms with Crippen molar-refractivity contribution in [2.24, 2.45) is 0 Å². The highest BCUT2D eigenvalue weighted by Gasteiger charge is 2.10. The van der Waals surface area contributed by atoms with E-state index in [9.17, 15) is 9.18 Å². The summed E-state index contributed by atoms with van der Waals surface area (Å²) in [6, 6.07) is 12.7. The molecule has 0 bridgehead atoms. The Morgan fingerprint density at radius 3 is 2.04 bits per heavy atom. The third kappa shape index (κ3) is 6.52. The Labute approximate surface area is 154 Å². The SMILES string of the molecule is CCc1ccc(-c2ccc(F)cc2)cc1CC.CN[C@H](CS)C(=O)O. The molecule has 0 saturated carbocycles. The van der Waals surface area contributed by atoms with Crippen LogP contribution in [0.15, 0.2) is 42.5 Å². The van der Waals surface area contributed by atoms with E-state index in [2.05, 4.69) is 50.0 Å². The summed E-state index contributed by atoms with van der Waals surface area (Å²) in [6.07, 6.45) is 2.10. The largest absolute Gasteiger partial charge is 0.480 e. The van der Waals surface area contributed by atoms with Crippen molar-refractivity contribution < 1.29 is 14.3 Å². The standard InChI is InChI=1S/C16H17F.C4H9NO2S/c1-3-12-5-6-15(11-13(12)4-2)14-7-9-16(17)10-8-14;1-5-3(2-8)4(6)7/h5-11H,3-4H2,1-2H3;3,5,8H,2H2,1H3,(H,6,7)/t;3-/m.1/s1. The molecule has 0 aliphatic rings. The second kappa shape index (κ2) is 10.9. The lowest BCUT2D eigenvalue weighted by molar-refractivity contribution is -0.138. The lowest BCUT2D eigenvalue weighted by Gasteiger charge is -2.09. The van der Waals surface area contributed by atoms with Crippen LogP contribution in [0.2, 0.25) is 0 Å². The maximum Gasteiger partial charge on any atom is 0.321 e. The molecule has 2 rings (SSSR count). The topological polar surface area (TPSA) is 49.3 Å². The number of rotatable bonds is 6. The first-order valence-corrected chi connectivity index (χ1v) is 8.98. The molecule has 2 N–H and O–H groups in total. The van der Waals surface area contributed by atoms with Gasteiger partial charge in [0.05, 0.1) is 0 Å². The van der Waals surface area contributed by atoms with Gasteiger partial charge in [0.2, 0.25) is 0 Å². The first-order valence-electron chi connectivity index (χ1n) is 8.35. The minimum absolute atomic E-state index is 0.186. The lowest BCUT2D eigenvalue weighted by atomic mass is 9.96. The van der Waals surface area contributed by atoms with Crippen LogP contribution >= 0.6 is 12.6 Å². The van der Waals surface area contributed by atoms with Crippen LogP contribution in [0.25, 0.3) is 11.1 Å². The molecule has 5 heteroatoms. The fraction of sp³-hybridized carbons (Fsp3) is 0.350. The van der Waals surface area contributed by atoms with E-state index < -0.39 is 12.0 Å². The van der Waals surface area contributed by atoms with Gasteiger partial charge in [0.1, 0.15) is 11.9 Å². The highest BCUT2D eigenvalue weighted by molar-refractivity contribution is 7.80. The van der Waals surface area contributed by atoms with Crippen LogP contribution in [0.3, 0.4) is 0 Å². The fourth-order valence-electron chi connectivity index (χ4n) is 2.41. The van der Waals surface area contributed by atoms with Gasteiger partial charge >= 0.3 is 5.97 Å². The Morgan fingerprint density at radius 1 is 1.08 bits per heavy atom. The fourth-order valence-corrected chi connectivity index (χ4v) is 2.75. The Balaban J connectivity index is 0.000000333. The third-order valence-electron chi connectivity index (χ3n) is 3.97. The van der Waals surface area contributed by atoms with Crippen molar-refractivity contribution in [3.8, 4) is 11.1 Å². The molecule has 1 atom stereocenters. The predicted molar refractivity (Wildman–Crippen MR) is 105 cm³/mol. The van der Waals surface area contributed by atoms with Crippen molar-refractivity contribution in [1.82, 2.24) is 5.32 Å². The first kappa shape index (κ1) is 21.2. The van der Waals surface area contributed by atoms with Crippen LogP contribution in [0.4, 0.5) is 4.39 Å². The number of hydrogen-bond donors (Lipinski definition) is 3. The molecule has 0 unspecified atom stereocenters. The molecule has 0 amide bonds. The van der Waals surface area contributed by atoms with E-state index in [1.165, 1.54) is 28.8 Å². The number of hydrogen-bond acceptors (Lipinski definition) is 3. The second-order valence-electron chi connectivity index (χ2n) is 5.56. The van der Waals surface area contributed by atoms with E-state index in [1.54, 1.807) is 7.05 Å². The molecule has 0 aliphatic carbocycles. The minimum atomic E-state index is -0.859. The van der Waals surface area contributed by atoms with Gasteiger partial charge in [-0.25, -0.2) is 4.39 Å². The molecular formula is C20H26FNO2S. The highest BCUT2D eigenvalue weighted by atomic mass is 32.1. The quantitative estimate of drug-likeness (QED) is 0.674. The summed E-state index contributed by atoms with van der Waals surface area (Å²) in [7, 11) is 1.59. The summed E-state index contributed by atoms with van der Waals surface area (Å²) >= 11 is 3.79. The van der Waals surface area contributed by atoms with E-state index in [4.69, 9.17) is 5.11 Å². The summed E-state index contributed by atoms with van der Waals surface area (Å²) in [5.41, 5.74) is 5.02. The molecule has 0 saturated heterocycles. The van der Waals surface area contributed by atoms with E-state index in [1.807, 2.05) is 12.1 Å². The van der Waals surface area contributed by atoms with Gasteiger partial charge < -0.3 is 10.4 Å². The molecule has 0 spiro atoms. The van der Waals surface area contributed by atoms with E-state index in [0.29, 0.717) is 5.75 Å². The van der Waals surface area contributed by atoms with Gasteiger partial charge in [0.25, 0.3) is 0 Å². The van der Waals surface area contributed by atoms with E-state index in [0.717, 1.165) is 18.4 Å². The van der Waals surface area contributed by atoms with Crippen molar-refractivity contribution in [2.75, 3.05) is 12.8 Å². The molecule has 25 heavy (non-hydrogen) atoms. The van der Waals surface area contributed by atoms with Gasteiger partial charge in [0, 0.05) is 5.75 Å². The van der Waals surface area contributed by atoms with Crippen LogP contribution in [0, 0.1) is 5.82 Å². The van der Waals surface area contributed by atoms with Crippen molar-refractivity contribution in [1.29, 1.82) is 0 Å². The zero-order chi connectivity index (χ0) is 18.8. The number of benzene rings is 2. The number of nitrogens with one attached hydrogen (secondary N) is 1. The average Bonchev–Trinajstić information content (AvgIpc) is 2.63. The van der Waals surface area contributed by atoms with Crippen molar-refractivity contribution >= 4 is 18.6 Å². The van der Waals surface area contributed by atoms with Gasteiger partial charge in [-0.1, -0.05) is 44.2 Å². The van der Waals surface area contributed by atoms with E-state index >= 15 is 0 Å². The normalized spacial score (nSPS) is 11.4. The highest BCUT2D eigenvalue weighted by Crippen LogP contribution is 2.23. The molecule has 0 heterocycles. The van der Waals surface area contributed by atoms with Gasteiger partial charge in [-0.2, -0.15) is 12.6 Å². The number of aliphatic carboxylic acids is 1. The maximum atomic E-state index is 12.9. The zero-order valence-electron chi connectivity index (χ0n) is 14.9. The van der Waals surface area contributed by atoms with Gasteiger partial charge in [-0.15, -0.1) is 0 Å². The van der Waals surface area contributed by atoms with Crippen LogP contribution < -0.4 is 5.32 Å². The van der Waals surface area contributed by atoms with Crippen LogP contribution in [0.1, 0.15) is 25.0 Å². The molecule has 0 aromatic heterocycles. The summed E-state index contributed by atoms with van der Waals surface area (Å²) in [4.78, 5) is 10.1. The smallest absolute Gasteiger partial charge is 0.321 e. The van der Waals surface area contributed by atoms with Crippen LogP contribution in [-0.2, 0) is 17.6 Å². The molecule has 2 aromatic rings. The number of carboxylic acid groups (broad SMARTS) is 1. The predicted octanol–water partition coefficient (Wildman–Crippen LogP) is 4.21. The lowest BCUT2D eigenvalue weighted by Crippen LogP contribution is -2.35. The molecular weight excluding hydrogens is 337 g/mol. The number of carboxylic acids is 1. The van der Waals surface area contributed by atoms with E-state index in [-0.39, 0.29) is 5.82 Å². The molecule has 2 aromatic carbocycles. The Morgan fingerprint density at radius 2 is 1.64 bits per heavy atom. The number of carbonyl (C=O) groups is 1. The number of aryl methyl sites for hydroxylation is 2. The molecule has 3 nitrogen and oxygen atoms in total. The van der Waals surface area contributed by atoms with Gasteiger partial charge in [0.15, 0.2) is 0 Å². The van der Waals surface area contributed by atoms with Crippen molar-refractivity contribution in [2.45, 2.75) is 32.7 Å². The minimum Gasteiger partial charge on any atom is -0.480 e. The summed E-state index contributed by atoms with van der Waals surface area (Å²) in [6.45, 7) is 4.34. The summed E-state index contributed by atoms with van der Waals surface area (Å²) < 4.78 is 12.9. The summed E-state index contributed by atoms with van der Waals surface area (Å²) in [5.74, 6) is -0.719. The van der Waals surface area contributed by atoms with Gasteiger partial charge in [-0.3, -0.25) is 4.79 Å². The van der Waals surface area contributed by atoms with Crippen molar-refractivity contribution in [3.05, 3.63) is 59.4 Å². The molecule has 0 radical (unpaired) electrons. The van der Waals surface area contributed by atoms with Crippen molar-refractivity contribution in [3.63, 3.8) is 0 Å². The molecule has 136 valence electrons. The number of halogens is 1. The van der Waals surface area contributed by atoms with Gasteiger partial charge in [-0.05, 0) is 54.3 Å². The summed E-state index contributed by atoms with van der Waals surface area (Å²) in [5, 5.41) is 10.8. The Kier molecular flexibility index (Phi) is 9.24. The third-order valence-corrected chi connectivity index (χ3v) is 4.34. The average molecular weight is 363 g/mol. The molecule has 0 aliphatic heterocycles. The zero-order valence-corrected chi connectivity index (χ0v) is 15.8. The first-order chi connectivity index (χ1) is 12.0. The Hall–Kier alpha value is -1.85. The van der Waals surface area contributed by atoms with Crippen LogP contribution in [-0.4, -0.2) is 29.9 Å². The number of thiol groups is 1. The maximum absolute atomic E-state index is 12.9.